The van der Waals surface area contributed by atoms with Gasteiger partial charge in [0.1, 0.15) is 5.75 Å². The Morgan fingerprint density at radius 3 is 2.73 bits per heavy atom. The molecule has 0 unspecified atom stereocenters. The highest BCUT2D eigenvalue weighted by Gasteiger charge is 2.34. The second kappa shape index (κ2) is 6.96. The van der Waals surface area contributed by atoms with Gasteiger partial charge in [0.25, 0.3) is 0 Å². The standard InChI is InChI=1S/C20H21N3O2S/c1-3-13-4-6-15(7-5-13)21-19(24)14-11-23(12-14)20-22-17-10-16(25-2)8-9-18(17)26-20/h4-10,14H,3,11-12H2,1-2H3,(H,21,24). The number of fused-ring (bicyclic) bond motifs is 1. The van der Waals surface area contributed by atoms with Crippen LogP contribution in [-0.4, -0.2) is 31.1 Å². The summed E-state index contributed by atoms with van der Waals surface area (Å²) in [4.78, 5) is 19.2. The number of rotatable bonds is 5. The molecular formula is C20H21N3O2S. The number of nitrogens with zero attached hydrogens (tertiary/aromatic N) is 2. The van der Waals surface area contributed by atoms with E-state index in [4.69, 9.17) is 4.74 Å². The fraction of sp³-hybridized carbons (Fsp3) is 0.300. The highest BCUT2D eigenvalue weighted by atomic mass is 32.1. The molecule has 3 aromatic rings. The van der Waals surface area contributed by atoms with Gasteiger partial charge in [-0.25, -0.2) is 4.98 Å². The molecule has 2 heterocycles. The highest BCUT2D eigenvalue weighted by molar-refractivity contribution is 7.22. The molecule has 0 saturated carbocycles. The molecule has 1 aliphatic heterocycles. The summed E-state index contributed by atoms with van der Waals surface area (Å²) < 4.78 is 6.38. The molecule has 134 valence electrons. The number of aromatic nitrogens is 1. The molecule has 6 heteroatoms. The van der Waals surface area contributed by atoms with Gasteiger partial charge >= 0.3 is 0 Å². The second-order valence-electron chi connectivity index (χ2n) is 6.47. The van der Waals surface area contributed by atoms with E-state index in [9.17, 15) is 4.79 Å². The Labute approximate surface area is 156 Å². The summed E-state index contributed by atoms with van der Waals surface area (Å²) in [6.07, 6.45) is 1.000. The number of thiazole rings is 1. The number of ether oxygens (including phenoxy) is 1. The molecule has 26 heavy (non-hydrogen) atoms. The zero-order chi connectivity index (χ0) is 18.1. The molecule has 1 N–H and O–H groups in total. The van der Waals surface area contributed by atoms with Crippen LogP contribution in [-0.2, 0) is 11.2 Å². The van der Waals surface area contributed by atoms with Gasteiger partial charge in [-0.2, -0.15) is 0 Å². The number of hydrogen-bond acceptors (Lipinski definition) is 5. The number of carbonyl (C=O) groups is 1. The molecule has 0 bridgehead atoms. The van der Waals surface area contributed by atoms with Crippen molar-refractivity contribution in [3.63, 3.8) is 0 Å². The van der Waals surface area contributed by atoms with E-state index in [0.717, 1.165) is 33.2 Å². The summed E-state index contributed by atoms with van der Waals surface area (Å²) in [5.41, 5.74) is 3.07. The zero-order valence-electron chi connectivity index (χ0n) is 14.9. The van der Waals surface area contributed by atoms with Crippen LogP contribution in [0.1, 0.15) is 12.5 Å². The molecule has 1 aromatic heterocycles. The number of hydrogen-bond donors (Lipinski definition) is 1. The first-order valence-corrected chi connectivity index (χ1v) is 9.57. The van der Waals surface area contributed by atoms with Crippen LogP contribution in [0.15, 0.2) is 42.5 Å². The van der Waals surface area contributed by atoms with Crippen molar-refractivity contribution in [2.45, 2.75) is 13.3 Å². The first-order valence-electron chi connectivity index (χ1n) is 8.75. The van der Waals surface area contributed by atoms with Crippen LogP contribution in [0.5, 0.6) is 5.75 Å². The first-order chi connectivity index (χ1) is 12.7. The largest absolute Gasteiger partial charge is 0.497 e. The van der Waals surface area contributed by atoms with E-state index in [1.807, 2.05) is 30.3 Å². The second-order valence-corrected chi connectivity index (χ2v) is 7.48. The number of aryl methyl sites for hydroxylation is 1. The third-order valence-electron chi connectivity index (χ3n) is 4.74. The maximum atomic E-state index is 12.4. The normalized spacial score (nSPS) is 14.3. The Morgan fingerprint density at radius 2 is 2.04 bits per heavy atom. The molecule has 4 rings (SSSR count). The number of anilines is 2. The summed E-state index contributed by atoms with van der Waals surface area (Å²) in [7, 11) is 1.66. The van der Waals surface area contributed by atoms with Crippen molar-refractivity contribution >= 4 is 38.3 Å². The quantitative estimate of drug-likeness (QED) is 0.742. The molecule has 1 fully saturated rings. The number of amides is 1. The summed E-state index contributed by atoms with van der Waals surface area (Å²) in [5, 5.41) is 3.97. The fourth-order valence-corrected chi connectivity index (χ4v) is 3.99. The number of methoxy groups -OCH3 is 1. The number of nitrogens with one attached hydrogen (secondary N) is 1. The maximum absolute atomic E-state index is 12.4. The van der Waals surface area contributed by atoms with Crippen molar-refractivity contribution in [3.8, 4) is 5.75 Å². The van der Waals surface area contributed by atoms with Crippen LogP contribution in [0.25, 0.3) is 10.2 Å². The van der Waals surface area contributed by atoms with Crippen LogP contribution < -0.4 is 15.0 Å². The minimum atomic E-state index is 0.00222. The van der Waals surface area contributed by atoms with Crippen molar-refractivity contribution < 1.29 is 9.53 Å². The lowest BCUT2D eigenvalue weighted by Crippen LogP contribution is -2.52. The molecule has 0 spiro atoms. The molecule has 1 saturated heterocycles. The average molecular weight is 367 g/mol. The third kappa shape index (κ3) is 3.24. The van der Waals surface area contributed by atoms with Gasteiger partial charge in [0, 0.05) is 24.8 Å². The molecule has 1 amide bonds. The van der Waals surface area contributed by atoms with E-state index in [0.29, 0.717) is 13.1 Å². The van der Waals surface area contributed by atoms with Crippen LogP contribution in [0.3, 0.4) is 0 Å². The van der Waals surface area contributed by atoms with Crippen LogP contribution >= 0.6 is 11.3 Å². The third-order valence-corrected chi connectivity index (χ3v) is 5.83. The summed E-state index contributed by atoms with van der Waals surface area (Å²) >= 11 is 1.65. The van der Waals surface area contributed by atoms with Gasteiger partial charge < -0.3 is 15.0 Å². The molecular weight excluding hydrogens is 346 g/mol. The molecule has 5 nitrogen and oxygen atoms in total. The predicted molar refractivity (Wildman–Crippen MR) is 106 cm³/mol. The smallest absolute Gasteiger partial charge is 0.231 e. The monoisotopic (exact) mass is 367 g/mol. The van der Waals surface area contributed by atoms with Gasteiger partial charge in [0.05, 0.1) is 23.2 Å². The van der Waals surface area contributed by atoms with E-state index in [1.165, 1.54) is 5.56 Å². The molecule has 0 radical (unpaired) electrons. The van der Waals surface area contributed by atoms with Gasteiger partial charge in [-0.3, -0.25) is 4.79 Å². The highest BCUT2D eigenvalue weighted by Crippen LogP contribution is 2.34. The van der Waals surface area contributed by atoms with E-state index in [2.05, 4.69) is 34.3 Å². The predicted octanol–water partition coefficient (Wildman–Crippen LogP) is 3.94. The van der Waals surface area contributed by atoms with E-state index < -0.39 is 0 Å². The van der Waals surface area contributed by atoms with Crippen LogP contribution in [0, 0.1) is 5.92 Å². The fourth-order valence-electron chi connectivity index (χ4n) is 3.03. The lowest BCUT2D eigenvalue weighted by Gasteiger charge is -2.37. The van der Waals surface area contributed by atoms with Gasteiger partial charge in [-0.15, -0.1) is 0 Å². The lowest BCUT2D eigenvalue weighted by atomic mass is 10.00. The number of carbonyl (C=O) groups excluding carboxylic acids is 1. The van der Waals surface area contributed by atoms with E-state index in [1.54, 1.807) is 18.4 Å². The summed E-state index contributed by atoms with van der Waals surface area (Å²) in [6, 6.07) is 14.0. The van der Waals surface area contributed by atoms with Gasteiger partial charge in [-0.1, -0.05) is 30.4 Å². The molecule has 2 aromatic carbocycles. The van der Waals surface area contributed by atoms with Crippen molar-refractivity contribution in [2.75, 3.05) is 30.4 Å². The Kier molecular flexibility index (Phi) is 4.51. The Balaban J connectivity index is 1.37. The van der Waals surface area contributed by atoms with Crippen molar-refractivity contribution in [3.05, 3.63) is 48.0 Å². The summed E-state index contributed by atoms with van der Waals surface area (Å²) in [5.74, 6) is 0.889. The van der Waals surface area contributed by atoms with Gasteiger partial charge in [0.2, 0.25) is 5.91 Å². The van der Waals surface area contributed by atoms with Crippen molar-refractivity contribution in [1.29, 1.82) is 0 Å². The first kappa shape index (κ1) is 16.8. The molecule has 1 aliphatic rings. The maximum Gasteiger partial charge on any atom is 0.231 e. The Hall–Kier alpha value is -2.60. The minimum absolute atomic E-state index is 0.00222. The summed E-state index contributed by atoms with van der Waals surface area (Å²) in [6.45, 7) is 3.53. The number of benzene rings is 2. The van der Waals surface area contributed by atoms with Crippen LogP contribution in [0.4, 0.5) is 10.8 Å². The van der Waals surface area contributed by atoms with Crippen LogP contribution in [0.2, 0.25) is 0 Å². The van der Waals surface area contributed by atoms with Gasteiger partial charge in [0.15, 0.2) is 5.13 Å². The van der Waals surface area contributed by atoms with Crippen molar-refractivity contribution in [1.82, 2.24) is 4.98 Å². The van der Waals surface area contributed by atoms with Crippen molar-refractivity contribution in [2.24, 2.45) is 5.92 Å². The zero-order valence-corrected chi connectivity index (χ0v) is 15.7. The minimum Gasteiger partial charge on any atom is -0.497 e. The molecule has 0 atom stereocenters. The molecule has 0 aliphatic carbocycles. The van der Waals surface area contributed by atoms with Gasteiger partial charge in [-0.05, 0) is 36.2 Å². The Morgan fingerprint density at radius 1 is 1.27 bits per heavy atom. The lowest BCUT2D eigenvalue weighted by molar-refractivity contribution is -0.120. The Bertz CT molecular complexity index is 930. The average Bonchev–Trinajstić information content (AvgIpc) is 3.03. The van der Waals surface area contributed by atoms with E-state index in [-0.39, 0.29) is 11.8 Å². The van der Waals surface area contributed by atoms with E-state index >= 15 is 0 Å². The topological polar surface area (TPSA) is 54.5 Å². The SMILES string of the molecule is CCc1ccc(NC(=O)C2CN(c3nc4cc(OC)ccc4s3)C2)cc1.